The maximum absolute atomic E-state index is 11.6. The molecule has 0 heterocycles. The van der Waals surface area contributed by atoms with Crippen molar-refractivity contribution >= 4 is 23.8 Å². The van der Waals surface area contributed by atoms with Gasteiger partial charge in [0.2, 0.25) is 0 Å². The summed E-state index contributed by atoms with van der Waals surface area (Å²) < 4.78 is 9.66. The molecule has 0 unspecified atom stereocenters. The zero-order chi connectivity index (χ0) is 15.2. The van der Waals surface area contributed by atoms with Gasteiger partial charge in [-0.1, -0.05) is 12.1 Å². The van der Waals surface area contributed by atoms with Crippen molar-refractivity contribution in [2.24, 2.45) is 0 Å². The molecule has 0 radical (unpaired) electrons. The second-order valence-electron chi connectivity index (χ2n) is 5.11. The van der Waals surface area contributed by atoms with Crippen molar-refractivity contribution in [3.63, 3.8) is 0 Å². The summed E-state index contributed by atoms with van der Waals surface area (Å²) in [5, 5.41) is 2.63. The molecule has 1 aromatic carbocycles. The van der Waals surface area contributed by atoms with E-state index in [0.717, 1.165) is 5.56 Å². The Balaban J connectivity index is 2.71. The van der Waals surface area contributed by atoms with E-state index < -0.39 is 17.7 Å². The van der Waals surface area contributed by atoms with Crippen LogP contribution in [0.2, 0.25) is 0 Å². The van der Waals surface area contributed by atoms with E-state index in [0.29, 0.717) is 5.69 Å². The fourth-order valence-electron chi connectivity index (χ4n) is 1.37. The van der Waals surface area contributed by atoms with E-state index in [1.165, 1.54) is 13.2 Å². The van der Waals surface area contributed by atoms with Crippen molar-refractivity contribution in [3.05, 3.63) is 35.9 Å². The van der Waals surface area contributed by atoms with Gasteiger partial charge in [0.05, 0.1) is 7.11 Å². The molecule has 1 amide bonds. The average molecular weight is 277 g/mol. The van der Waals surface area contributed by atoms with Crippen LogP contribution in [0.25, 0.3) is 6.08 Å². The molecule has 0 aliphatic heterocycles. The second-order valence-corrected chi connectivity index (χ2v) is 5.11. The number of amides is 1. The maximum atomic E-state index is 11.6. The first kappa shape index (κ1) is 15.8. The molecule has 0 fully saturated rings. The standard InChI is InChI=1S/C15H19NO4/c1-15(2,3)20-14(18)16-12-7-5-6-11(10-12)8-9-13(17)19-4/h5-10H,1-4H3,(H,16,18)/b9-8+. The van der Waals surface area contributed by atoms with E-state index in [2.05, 4.69) is 10.1 Å². The Hall–Kier alpha value is -2.30. The van der Waals surface area contributed by atoms with Gasteiger partial charge >= 0.3 is 12.1 Å². The summed E-state index contributed by atoms with van der Waals surface area (Å²) >= 11 is 0. The van der Waals surface area contributed by atoms with Gasteiger partial charge in [0.1, 0.15) is 5.60 Å². The molecule has 1 N–H and O–H groups in total. The molecule has 20 heavy (non-hydrogen) atoms. The lowest BCUT2D eigenvalue weighted by Crippen LogP contribution is -2.27. The monoisotopic (exact) mass is 277 g/mol. The molecular formula is C15H19NO4. The van der Waals surface area contributed by atoms with Crippen molar-refractivity contribution < 1.29 is 19.1 Å². The first-order chi connectivity index (χ1) is 9.30. The van der Waals surface area contributed by atoms with Crippen molar-refractivity contribution in [1.82, 2.24) is 0 Å². The number of hydrogen-bond donors (Lipinski definition) is 1. The minimum Gasteiger partial charge on any atom is -0.466 e. The normalized spacial score (nSPS) is 11.2. The van der Waals surface area contributed by atoms with Crippen LogP contribution < -0.4 is 5.32 Å². The molecule has 0 aliphatic rings. The Bertz CT molecular complexity index is 515. The van der Waals surface area contributed by atoms with Crippen molar-refractivity contribution in [1.29, 1.82) is 0 Å². The van der Waals surface area contributed by atoms with Crippen molar-refractivity contribution in [2.75, 3.05) is 12.4 Å². The molecule has 0 spiro atoms. The Kier molecular flexibility index (Phi) is 5.32. The smallest absolute Gasteiger partial charge is 0.412 e. The molecule has 0 bridgehead atoms. The molecule has 1 rings (SSSR count). The number of anilines is 1. The largest absolute Gasteiger partial charge is 0.466 e. The van der Waals surface area contributed by atoms with Gasteiger partial charge < -0.3 is 9.47 Å². The highest BCUT2D eigenvalue weighted by Gasteiger charge is 2.16. The van der Waals surface area contributed by atoms with Gasteiger partial charge in [-0.15, -0.1) is 0 Å². The van der Waals surface area contributed by atoms with E-state index in [1.807, 2.05) is 0 Å². The van der Waals surface area contributed by atoms with Gasteiger partial charge in [0, 0.05) is 11.8 Å². The molecule has 1 aromatic rings. The molecule has 5 heteroatoms. The predicted octanol–water partition coefficient (Wildman–Crippen LogP) is 3.22. The number of hydrogen-bond acceptors (Lipinski definition) is 4. The Labute approximate surface area is 118 Å². The number of rotatable bonds is 3. The third-order valence-corrected chi connectivity index (χ3v) is 2.14. The highest BCUT2D eigenvalue weighted by molar-refractivity contribution is 5.88. The average Bonchev–Trinajstić information content (AvgIpc) is 2.34. The molecule has 0 saturated heterocycles. The quantitative estimate of drug-likeness (QED) is 0.680. The summed E-state index contributed by atoms with van der Waals surface area (Å²) in [7, 11) is 1.31. The molecule has 5 nitrogen and oxygen atoms in total. The van der Waals surface area contributed by atoms with Crippen LogP contribution in [0.3, 0.4) is 0 Å². The van der Waals surface area contributed by atoms with Gasteiger partial charge in [-0.2, -0.15) is 0 Å². The fraction of sp³-hybridized carbons (Fsp3) is 0.333. The molecule has 108 valence electrons. The third-order valence-electron chi connectivity index (χ3n) is 2.14. The number of carbonyl (C=O) groups is 2. The van der Waals surface area contributed by atoms with Crippen molar-refractivity contribution in [3.8, 4) is 0 Å². The lowest BCUT2D eigenvalue weighted by molar-refractivity contribution is -0.134. The van der Waals surface area contributed by atoms with Crippen LogP contribution in [-0.4, -0.2) is 24.8 Å². The Morgan fingerprint density at radius 2 is 1.95 bits per heavy atom. The van der Waals surface area contributed by atoms with E-state index in [1.54, 1.807) is 51.1 Å². The minimum absolute atomic E-state index is 0.435. The van der Waals surface area contributed by atoms with Crippen LogP contribution in [0, 0.1) is 0 Å². The van der Waals surface area contributed by atoms with Gasteiger partial charge in [-0.25, -0.2) is 9.59 Å². The summed E-state index contributed by atoms with van der Waals surface area (Å²) in [4.78, 5) is 22.6. The fourth-order valence-corrected chi connectivity index (χ4v) is 1.37. The summed E-state index contributed by atoms with van der Waals surface area (Å²) in [6, 6.07) is 7.03. The van der Waals surface area contributed by atoms with Crippen LogP contribution in [0.4, 0.5) is 10.5 Å². The highest BCUT2D eigenvalue weighted by Crippen LogP contribution is 2.14. The maximum Gasteiger partial charge on any atom is 0.412 e. The third kappa shape index (κ3) is 6.04. The summed E-state index contributed by atoms with van der Waals surface area (Å²) in [5.74, 6) is -0.435. The number of benzene rings is 1. The van der Waals surface area contributed by atoms with E-state index >= 15 is 0 Å². The van der Waals surface area contributed by atoms with Gasteiger partial charge in [-0.05, 0) is 44.5 Å². The van der Waals surface area contributed by atoms with Crippen LogP contribution in [0.15, 0.2) is 30.3 Å². The first-order valence-electron chi connectivity index (χ1n) is 6.16. The number of nitrogens with one attached hydrogen (secondary N) is 1. The van der Waals surface area contributed by atoms with Gasteiger partial charge in [0.25, 0.3) is 0 Å². The number of ether oxygens (including phenoxy) is 2. The number of methoxy groups -OCH3 is 1. The van der Waals surface area contributed by atoms with E-state index in [-0.39, 0.29) is 0 Å². The zero-order valence-electron chi connectivity index (χ0n) is 12.1. The highest BCUT2D eigenvalue weighted by atomic mass is 16.6. The van der Waals surface area contributed by atoms with Crippen LogP contribution >= 0.6 is 0 Å². The topological polar surface area (TPSA) is 64.6 Å². The molecule has 0 saturated carbocycles. The lowest BCUT2D eigenvalue weighted by Gasteiger charge is -2.19. The second kappa shape index (κ2) is 6.75. The number of carbonyl (C=O) groups excluding carboxylic acids is 2. The van der Waals surface area contributed by atoms with Gasteiger partial charge in [-0.3, -0.25) is 5.32 Å². The summed E-state index contributed by atoms with van der Waals surface area (Å²) in [5.41, 5.74) is 0.808. The SMILES string of the molecule is COC(=O)/C=C/c1cccc(NC(=O)OC(C)(C)C)c1. The van der Waals surface area contributed by atoms with Crippen LogP contribution in [0.1, 0.15) is 26.3 Å². The molecule has 0 atom stereocenters. The lowest BCUT2D eigenvalue weighted by atomic mass is 10.2. The Morgan fingerprint density at radius 3 is 2.55 bits per heavy atom. The molecule has 0 aliphatic carbocycles. The summed E-state index contributed by atoms with van der Waals surface area (Å²) in [6.45, 7) is 5.38. The Morgan fingerprint density at radius 1 is 1.25 bits per heavy atom. The predicted molar refractivity (Wildman–Crippen MR) is 77.3 cm³/mol. The minimum atomic E-state index is -0.549. The van der Waals surface area contributed by atoms with E-state index in [4.69, 9.17) is 4.74 Å². The summed E-state index contributed by atoms with van der Waals surface area (Å²) in [6.07, 6.45) is 2.39. The van der Waals surface area contributed by atoms with Gasteiger partial charge in [0.15, 0.2) is 0 Å². The van der Waals surface area contributed by atoms with Crippen molar-refractivity contribution in [2.45, 2.75) is 26.4 Å². The number of esters is 1. The first-order valence-corrected chi connectivity index (χ1v) is 6.16. The molecule has 0 aromatic heterocycles. The molecular weight excluding hydrogens is 258 g/mol. The van der Waals surface area contributed by atoms with Crippen LogP contribution in [-0.2, 0) is 14.3 Å². The zero-order valence-corrected chi connectivity index (χ0v) is 12.1. The van der Waals surface area contributed by atoms with Crippen LogP contribution in [0.5, 0.6) is 0 Å². The van der Waals surface area contributed by atoms with E-state index in [9.17, 15) is 9.59 Å².